The van der Waals surface area contributed by atoms with Gasteiger partial charge < -0.3 is 19.5 Å². The first-order chi connectivity index (χ1) is 12.7. The maximum atomic E-state index is 12.3. The van der Waals surface area contributed by atoms with E-state index in [4.69, 9.17) is 14.2 Å². The van der Waals surface area contributed by atoms with Crippen LogP contribution >= 0.6 is 0 Å². The van der Waals surface area contributed by atoms with Gasteiger partial charge in [-0.15, -0.1) is 0 Å². The van der Waals surface area contributed by atoms with Gasteiger partial charge in [0.1, 0.15) is 5.75 Å². The van der Waals surface area contributed by atoms with E-state index in [1.54, 1.807) is 7.11 Å². The lowest BCUT2D eigenvalue weighted by molar-refractivity contribution is -0.140. The molecule has 3 rings (SSSR count). The number of nitrogens with one attached hydrogen (secondary N) is 1. The Morgan fingerprint density at radius 1 is 1.12 bits per heavy atom. The van der Waals surface area contributed by atoms with Crippen LogP contribution in [-0.2, 0) is 25.5 Å². The number of ether oxygens (including phenoxy) is 3. The number of esters is 1. The Morgan fingerprint density at radius 3 is 2.54 bits per heavy atom. The molecule has 2 aromatic carbocycles. The van der Waals surface area contributed by atoms with Crippen LogP contribution in [0.2, 0.25) is 0 Å². The van der Waals surface area contributed by atoms with Crippen molar-refractivity contribution < 1.29 is 23.8 Å². The Balaban J connectivity index is 1.60. The molecule has 26 heavy (non-hydrogen) atoms. The molecule has 0 aromatic heterocycles. The van der Waals surface area contributed by atoms with Crippen LogP contribution in [0.3, 0.4) is 0 Å². The summed E-state index contributed by atoms with van der Waals surface area (Å²) < 4.78 is 15.7. The van der Waals surface area contributed by atoms with Gasteiger partial charge in [-0.25, -0.2) is 4.79 Å². The van der Waals surface area contributed by atoms with E-state index in [1.807, 2.05) is 54.6 Å². The lowest BCUT2D eigenvalue weighted by Crippen LogP contribution is -2.17. The molecule has 1 heterocycles. The van der Waals surface area contributed by atoms with Gasteiger partial charge in [-0.3, -0.25) is 4.79 Å². The van der Waals surface area contributed by atoms with Crippen molar-refractivity contribution in [1.29, 1.82) is 0 Å². The summed E-state index contributed by atoms with van der Waals surface area (Å²) in [6.07, 6.45) is 0.541. The number of rotatable bonds is 7. The third kappa shape index (κ3) is 4.22. The van der Waals surface area contributed by atoms with Crippen molar-refractivity contribution in [3.8, 4) is 5.75 Å². The average Bonchev–Trinajstić information content (AvgIpc) is 3.03. The fourth-order valence-electron chi connectivity index (χ4n) is 2.49. The smallest absolute Gasteiger partial charge is 0.347 e. The molecule has 1 aliphatic heterocycles. The number of carbonyl (C=O) groups is 2. The number of Topliss-reactive ketones (excluding diaryl/α,β-unsaturated/α-hetero) is 1. The number of methoxy groups -OCH3 is 1. The largest absolute Gasteiger partial charge is 0.497 e. The highest BCUT2D eigenvalue weighted by atomic mass is 16.5. The standard InChI is InChI=1S/C20H19NO5/c1-24-16-9-7-14(8-10-16)11-12-25-20(23)18-17(22)13-26-19(18)21-15-5-3-2-4-6-15/h2-10,21H,11-13H2,1H3. The molecule has 0 fully saturated rings. The second kappa shape index (κ2) is 8.20. The van der Waals surface area contributed by atoms with Crippen LogP contribution in [0, 0.1) is 0 Å². The van der Waals surface area contributed by atoms with Gasteiger partial charge in [-0.05, 0) is 29.8 Å². The van der Waals surface area contributed by atoms with Gasteiger partial charge in [0.15, 0.2) is 12.2 Å². The number of anilines is 1. The van der Waals surface area contributed by atoms with Crippen LogP contribution in [0.15, 0.2) is 66.1 Å². The third-order valence-electron chi connectivity index (χ3n) is 3.87. The first-order valence-corrected chi connectivity index (χ1v) is 8.20. The summed E-state index contributed by atoms with van der Waals surface area (Å²) in [6.45, 7) is -0.00135. The van der Waals surface area contributed by atoms with Crippen molar-refractivity contribution in [2.24, 2.45) is 0 Å². The van der Waals surface area contributed by atoms with Crippen LogP contribution in [0.25, 0.3) is 0 Å². The highest BCUT2D eigenvalue weighted by Crippen LogP contribution is 2.20. The Labute approximate surface area is 151 Å². The van der Waals surface area contributed by atoms with Crippen LogP contribution in [-0.4, -0.2) is 32.1 Å². The molecule has 6 nitrogen and oxygen atoms in total. The Hall–Kier alpha value is -3.28. The first-order valence-electron chi connectivity index (χ1n) is 8.20. The zero-order valence-electron chi connectivity index (χ0n) is 14.4. The van der Waals surface area contributed by atoms with E-state index in [2.05, 4.69) is 5.32 Å². The first kappa shape index (κ1) is 17.5. The van der Waals surface area contributed by atoms with E-state index in [1.165, 1.54) is 0 Å². The summed E-state index contributed by atoms with van der Waals surface area (Å²) in [6, 6.07) is 16.7. The molecule has 6 heteroatoms. The van der Waals surface area contributed by atoms with Crippen molar-refractivity contribution >= 4 is 17.4 Å². The number of para-hydroxylation sites is 1. The monoisotopic (exact) mass is 353 g/mol. The molecule has 0 aliphatic carbocycles. The predicted octanol–water partition coefficient (Wildman–Crippen LogP) is 2.70. The van der Waals surface area contributed by atoms with Crippen molar-refractivity contribution in [2.75, 3.05) is 25.6 Å². The Morgan fingerprint density at radius 2 is 1.85 bits per heavy atom. The summed E-state index contributed by atoms with van der Waals surface area (Å²) in [7, 11) is 1.60. The van der Waals surface area contributed by atoms with Gasteiger partial charge in [-0.2, -0.15) is 0 Å². The highest BCUT2D eigenvalue weighted by Gasteiger charge is 2.32. The molecule has 0 amide bonds. The molecule has 0 unspecified atom stereocenters. The fraction of sp³-hybridized carbons (Fsp3) is 0.200. The molecule has 0 radical (unpaired) electrons. The van der Waals surface area contributed by atoms with Crippen LogP contribution in [0.1, 0.15) is 5.56 Å². The quantitative estimate of drug-likeness (QED) is 0.609. The van der Waals surface area contributed by atoms with Gasteiger partial charge in [-0.1, -0.05) is 30.3 Å². The molecular formula is C20H19NO5. The summed E-state index contributed by atoms with van der Waals surface area (Å²) in [5.41, 5.74) is 1.65. The molecule has 134 valence electrons. The van der Waals surface area contributed by atoms with E-state index in [0.29, 0.717) is 6.42 Å². The van der Waals surface area contributed by atoms with Crippen LogP contribution < -0.4 is 10.1 Å². The van der Waals surface area contributed by atoms with Crippen LogP contribution in [0.4, 0.5) is 5.69 Å². The third-order valence-corrected chi connectivity index (χ3v) is 3.87. The van der Waals surface area contributed by atoms with Crippen molar-refractivity contribution in [1.82, 2.24) is 0 Å². The van der Waals surface area contributed by atoms with Gasteiger partial charge in [0.05, 0.1) is 13.7 Å². The van der Waals surface area contributed by atoms with Gasteiger partial charge >= 0.3 is 5.97 Å². The van der Waals surface area contributed by atoms with E-state index in [9.17, 15) is 9.59 Å². The zero-order chi connectivity index (χ0) is 18.4. The minimum Gasteiger partial charge on any atom is -0.497 e. The molecule has 2 aromatic rings. The molecule has 0 spiro atoms. The SMILES string of the molecule is COc1ccc(CCOC(=O)C2=C(Nc3ccccc3)OCC2=O)cc1. The maximum Gasteiger partial charge on any atom is 0.347 e. The van der Waals surface area contributed by atoms with Gasteiger partial charge in [0.25, 0.3) is 0 Å². The van der Waals surface area contributed by atoms with Gasteiger partial charge in [0, 0.05) is 12.1 Å². The number of benzene rings is 2. The van der Waals surface area contributed by atoms with Crippen molar-refractivity contribution in [3.05, 3.63) is 71.6 Å². The number of carbonyl (C=O) groups excluding carboxylic acids is 2. The average molecular weight is 353 g/mol. The highest BCUT2D eigenvalue weighted by molar-refractivity contribution is 6.19. The van der Waals surface area contributed by atoms with Crippen molar-refractivity contribution in [2.45, 2.75) is 6.42 Å². The topological polar surface area (TPSA) is 73.9 Å². The van der Waals surface area contributed by atoms with E-state index < -0.39 is 11.8 Å². The number of hydrogen-bond donors (Lipinski definition) is 1. The molecule has 0 saturated carbocycles. The summed E-state index contributed by atoms with van der Waals surface area (Å²) in [4.78, 5) is 24.3. The zero-order valence-corrected chi connectivity index (χ0v) is 14.4. The van der Waals surface area contributed by atoms with Crippen molar-refractivity contribution in [3.63, 3.8) is 0 Å². The normalized spacial score (nSPS) is 13.3. The van der Waals surface area contributed by atoms with E-state index in [-0.39, 0.29) is 24.7 Å². The second-order valence-corrected chi connectivity index (χ2v) is 5.64. The van der Waals surface area contributed by atoms with E-state index in [0.717, 1.165) is 17.0 Å². The molecule has 0 atom stereocenters. The molecule has 0 saturated heterocycles. The van der Waals surface area contributed by atoms with Crippen LogP contribution in [0.5, 0.6) is 5.75 Å². The molecule has 0 bridgehead atoms. The maximum absolute atomic E-state index is 12.3. The molecule has 1 aliphatic rings. The minimum absolute atomic E-state index is 0.0800. The Kier molecular flexibility index (Phi) is 5.53. The Bertz CT molecular complexity index is 812. The lowest BCUT2D eigenvalue weighted by Gasteiger charge is -2.09. The lowest BCUT2D eigenvalue weighted by atomic mass is 10.1. The van der Waals surface area contributed by atoms with Gasteiger partial charge in [0.2, 0.25) is 11.7 Å². The summed E-state index contributed by atoms with van der Waals surface area (Å²) >= 11 is 0. The summed E-state index contributed by atoms with van der Waals surface area (Å²) in [5, 5.41) is 2.94. The molecule has 1 N–H and O–H groups in total. The fourth-order valence-corrected chi connectivity index (χ4v) is 2.49. The number of ketones is 1. The minimum atomic E-state index is -0.681. The second-order valence-electron chi connectivity index (χ2n) is 5.64. The predicted molar refractivity (Wildman–Crippen MR) is 95.7 cm³/mol. The summed E-state index contributed by atoms with van der Waals surface area (Å²) in [5.74, 6) is -0.172. The molecular weight excluding hydrogens is 334 g/mol. The van der Waals surface area contributed by atoms with E-state index >= 15 is 0 Å². The number of hydrogen-bond acceptors (Lipinski definition) is 6.